The predicted molar refractivity (Wildman–Crippen MR) is 79.3 cm³/mol. The number of hydrogen-bond acceptors (Lipinski definition) is 5. The van der Waals surface area contributed by atoms with Gasteiger partial charge in [-0.2, -0.15) is 9.61 Å². The second-order valence-corrected chi connectivity index (χ2v) is 5.68. The quantitative estimate of drug-likeness (QED) is 0.866. The van der Waals surface area contributed by atoms with Crippen LogP contribution in [0.5, 0.6) is 0 Å². The van der Waals surface area contributed by atoms with Gasteiger partial charge in [0.15, 0.2) is 5.65 Å². The van der Waals surface area contributed by atoms with Crippen molar-refractivity contribution >= 4 is 33.2 Å². The monoisotopic (exact) mass is 324 g/mol. The summed E-state index contributed by atoms with van der Waals surface area (Å²) in [5, 5.41) is 4.29. The molecule has 1 atom stereocenters. The van der Waals surface area contributed by atoms with E-state index in [1.807, 2.05) is 6.20 Å². The van der Waals surface area contributed by atoms with Gasteiger partial charge in [0.25, 0.3) is 0 Å². The zero-order chi connectivity index (χ0) is 13.6. The first-order valence-electron chi connectivity index (χ1n) is 6.44. The number of aromatic nitrogens is 3. The van der Waals surface area contributed by atoms with Crippen LogP contribution >= 0.6 is 15.9 Å². The number of halogens is 1. The number of aryl methyl sites for hydroxylation is 1. The Morgan fingerprint density at radius 1 is 1.53 bits per heavy atom. The van der Waals surface area contributed by atoms with Crippen molar-refractivity contribution in [2.75, 3.05) is 23.7 Å². The molecule has 19 heavy (non-hydrogen) atoms. The van der Waals surface area contributed by atoms with E-state index in [0.717, 1.165) is 47.4 Å². The average molecular weight is 325 g/mol. The molecule has 1 aliphatic rings. The lowest BCUT2D eigenvalue weighted by Gasteiger charge is -2.19. The summed E-state index contributed by atoms with van der Waals surface area (Å²) in [5.74, 6) is 1.45. The molecule has 0 bridgehead atoms. The molecule has 1 aliphatic heterocycles. The van der Waals surface area contributed by atoms with E-state index < -0.39 is 0 Å². The van der Waals surface area contributed by atoms with E-state index in [-0.39, 0.29) is 6.04 Å². The van der Waals surface area contributed by atoms with E-state index in [0.29, 0.717) is 5.82 Å². The third-order valence-corrected chi connectivity index (χ3v) is 4.34. The van der Waals surface area contributed by atoms with Crippen molar-refractivity contribution in [3.8, 4) is 0 Å². The number of nitrogen functional groups attached to an aromatic ring is 1. The molecular formula is C12H17BrN6. The molecule has 0 saturated carbocycles. The minimum atomic E-state index is 0.210. The van der Waals surface area contributed by atoms with Crippen LogP contribution in [0.1, 0.15) is 18.9 Å². The summed E-state index contributed by atoms with van der Waals surface area (Å²) in [6, 6.07) is 0.210. The molecule has 6 nitrogen and oxygen atoms in total. The van der Waals surface area contributed by atoms with E-state index >= 15 is 0 Å². The maximum atomic E-state index is 6.15. The summed E-state index contributed by atoms with van der Waals surface area (Å²) in [7, 11) is 0. The zero-order valence-corrected chi connectivity index (χ0v) is 12.4. The summed E-state index contributed by atoms with van der Waals surface area (Å²) in [6.07, 6.45) is 3.69. The Hall–Kier alpha value is -1.34. The van der Waals surface area contributed by atoms with Crippen LogP contribution in [-0.4, -0.2) is 33.7 Å². The molecule has 2 aromatic heterocycles. The van der Waals surface area contributed by atoms with Crippen molar-refractivity contribution in [1.29, 1.82) is 0 Å². The molecule has 0 spiro atoms. The van der Waals surface area contributed by atoms with Crippen molar-refractivity contribution in [3.05, 3.63) is 16.2 Å². The Morgan fingerprint density at radius 3 is 2.95 bits per heavy atom. The Morgan fingerprint density at radius 2 is 2.32 bits per heavy atom. The van der Waals surface area contributed by atoms with Crippen LogP contribution in [0.4, 0.5) is 11.6 Å². The van der Waals surface area contributed by atoms with E-state index in [2.05, 4.69) is 32.9 Å². The SMILES string of the molecule is CCc1cnn2c(N)c(Br)c(N3CC[C@H](N)C3)nc12. The van der Waals surface area contributed by atoms with Crippen molar-refractivity contribution in [2.45, 2.75) is 25.8 Å². The van der Waals surface area contributed by atoms with Crippen LogP contribution in [-0.2, 0) is 6.42 Å². The van der Waals surface area contributed by atoms with Crippen LogP contribution < -0.4 is 16.4 Å². The zero-order valence-electron chi connectivity index (χ0n) is 10.8. The molecule has 0 aromatic carbocycles. The van der Waals surface area contributed by atoms with Crippen LogP contribution in [0, 0.1) is 0 Å². The number of nitrogens with two attached hydrogens (primary N) is 2. The second kappa shape index (κ2) is 4.64. The normalized spacial score (nSPS) is 19.5. The molecule has 0 aliphatic carbocycles. The smallest absolute Gasteiger partial charge is 0.162 e. The number of nitrogens with zero attached hydrogens (tertiary/aromatic N) is 4. The van der Waals surface area contributed by atoms with Gasteiger partial charge in [0, 0.05) is 24.7 Å². The van der Waals surface area contributed by atoms with Crippen molar-refractivity contribution in [1.82, 2.24) is 14.6 Å². The summed E-state index contributed by atoms with van der Waals surface area (Å²) in [6.45, 7) is 3.82. The maximum absolute atomic E-state index is 6.15. The molecule has 3 heterocycles. The van der Waals surface area contributed by atoms with E-state index in [1.165, 1.54) is 0 Å². The first-order valence-corrected chi connectivity index (χ1v) is 7.23. The summed E-state index contributed by atoms with van der Waals surface area (Å²) < 4.78 is 2.47. The average Bonchev–Trinajstić information content (AvgIpc) is 2.99. The van der Waals surface area contributed by atoms with Gasteiger partial charge < -0.3 is 16.4 Å². The van der Waals surface area contributed by atoms with Gasteiger partial charge in [-0.25, -0.2) is 4.98 Å². The van der Waals surface area contributed by atoms with Crippen LogP contribution in [0.2, 0.25) is 0 Å². The lowest BCUT2D eigenvalue weighted by molar-refractivity contribution is 0.751. The van der Waals surface area contributed by atoms with Gasteiger partial charge >= 0.3 is 0 Å². The molecule has 1 saturated heterocycles. The number of rotatable bonds is 2. The highest BCUT2D eigenvalue weighted by Gasteiger charge is 2.24. The number of anilines is 2. The molecule has 7 heteroatoms. The third kappa shape index (κ3) is 1.97. The molecule has 0 radical (unpaired) electrons. The van der Waals surface area contributed by atoms with Gasteiger partial charge in [0.2, 0.25) is 0 Å². The second-order valence-electron chi connectivity index (χ2n) is 4.89. The van der Waals surface area contributed by atoms with E-state index in [4.69, 9.17) is 16.5 Å². The van der Waals surface area contributed by atoms with Gasteiger partial charge in [-0.1, -0.05) is 6.92 Å². The van der Waals surface area contributed by atoms with Gasteiger partial charge in [-0.15, -0.1) is 0 Å². The first kappa shape index (κ1) is 12.7. The lowest BCUT2D eigenvalue weighted by atomic mass is 10.3. The standard InChI is InChI=1S/C12H17BrN6/c1-2-7-5-16-19-10(15)9(13)12(17-11(7)19)18-4-3-8(14)6-18/h5,8H,2-4,6,14-15H2,1H3/t8-/m0/s1. The topological polar surface area (TPSA) is 85.5 Å². The van der Waals surface area contributed by atoms with E-state index in [9.17, 15) is 0 Å². The molecular weight excluding hydrogens is 308 g/mol. The van der Waals surface area contributed by atoms with Gasteiger partial charge in [0.05, 0.1) is 6.20 Å². The highest BCUT2D eigenvalue weighted by molar-refractivity contribution is 9.10. The molecule has 4 N–H and O–H groups in total. The highest BCUT2D eigenvalue weighted by Crippen LogP contribution is 2.33. The molecule has 0 amide bonds. The third-order valence-electron chi connectivity index (χ3n) is 3.58. The van der Waals surface area contributed by atoms with E-state index in [1.54, 1.807) is 4.52 Å². The van der Waals surface area contributed by atoms with Crippen LogP contribution in [0.25, 0.3) is 5.65 Å². The summed E-state index contributed by atoms with van der Waals surface area (Å²) in [5.41, 5.74) is 14.0. The fourth-order valence-corrected chi connectivity index (χ4v) is 2.97. The van der Waals surface area contributed by atoms with Gasteiger partial charge in [-0.3, -0.25) is 0 Å². The molecule has 102 valence electrons. The summed E-state index contributed by atoms with van der Waals surface area (Å²) in [4.78, 5) is 6.90. The molecule has 3 rings (SSSR count). The number of hydrogen-bond donors (Lipinski definition) is 2. The minimum Gasteiger partial charge on any atom is -0.383 e. The van der Waals surface area contributed by atoms with Gasteiger partial charge in [-0.05, 0) is 28.8 Å². The molecule has 1 fully saturated rings. The largest absolute Gasteiger partial charge is 0.383 e. The predicted octanol–water partition coefficient (Wildman–Crippen LogP) is 1.17. The van der Waals surface area contributed by atoms with Crippen molar-refractivity contribution < 1.29 is 0 Å². The van der Waals surface area contributed by atoms with Gasteiger partial charge in [0.1, 0.15) is 16.1 Å². The lowest BCUT2D eigenvalue weighted by Crippen LogP contribution is -2.27. The fourth-order valence-electron chi connectivity index (χ4n) is 2.47. The van der Waals surface area contributed by atoms with Crippen molar-refractivity contribution in [2.24, 2.45) is 5.73 Å². The Balaban J connectivity index is 2.16. The van der Waals surface area contributed by atoms with Crippen LogP contribution in [0.15, 0.2) is 10.7 Å². The molecule has 0 unspecified atom stereocenters. The Labute approximate surface area is 119 Å². The first-order chi connectivity index (χ1) is 9.11. The Kier molecular flexibility index (Phi) is 3.10. The number of fused-ring (bicyclic) bond motifs is 1. The molecule has 2 aromatic rings. The maximum Gasteiger partial charge on any atom is 0.162 e. The van der Waals surface area contributed by atoms with Crippen LogP contribution in [0.3, 0.4) is 0 Å². The highest BCUT2D eigenvalue weighted by atomic mass is 79.9. The van der Waals surface area contributed by atoms with Crippen molar-refractivity contribution in [3.63, 3.8) is 0 Å². The fraction of sp³-hybridized carbons (Fsp3) is 0.500. The minimum absolute atomic E-state index is 0.210. The summed E-state index contributed by atoms with van der Waals surface area (Å²) >= 11 is 3.53. The Bertz CT molecular complexity index is 622.